The molecule has 1 aromatic rings. The Hall–Kier alpha value is -1.34. The van der Waals surface area contributed by atoms with Crippen molar-refractivity contribution in [2.75, 3.05) is 13.1 Å². The molecule has 0 spiro atoms. The largest absolute Gasteiger partial charge is 0.333 e. The van der Waals surface area contributed by atoms with Crippen molar-refractivity contribution < 1.29 is 0 Å². The molecule has 1 saturated carbocycles. The molecule has 84 valence electrons. The molecule has 1 aliphatic carbocycles. The lowest BCUT2D eigenvalue weighted by Crippen LogP contribution is -2.37. The van der Waals surface area contributed by atoms with Crippen LogP contribution in [-0.4, -0.2) is 27.5 Å². The standard InChI is InChI=1S/C12H16N4/c13-4-3-12(1-2-12)10-15-7-8-16-6-5-14-11(16)9-15/h5-6H,1-3,7-10H2. The Morgan fingerprint density at radius 3 is 3.06 bits per heavy atom. The molecule has 2 aliphatic rings. The van der Waals surface area contributed by atoms with Crippen molar-refractivity contribution in [1.82, 2.24) is 14.5 Å². The molecule has 0 N–H and O–H groups in total. The summed E-state index contributed by atoms with van der Waals surface area (Å²) >= 11 is 0. The number of nitrogens with zero attached hydrogens (tertiary/aromatic N) is 4. The maximum atomic E-state index is 8.81. The van der Waals surface area contributed by atoms with Gasteiger partial charge in [0.2, 0.25) is 0 Å². The summed E-state index contributed by atoms with van der Waals surface area (Å²) in [6.45, 7) is 4.15. The van der Waals surface area contributed by atoms with Gasteiger partial charge in [-0.25, -0.2) is 4.98 Å². The summed E-state index contributed by atoms with van der Waals surface area (Å²) in [6.07, 6.45) is 7.10. The zero-order valence-electron chi connectivity index (χ0n) is 9.39. The number of fused-ring (bicyclic) bond motifs is 1. The van der Waals surface area contributed by atoms with E-state index in [9.17, 15) is 0 Å². The minimum atomic E-state index is 0.323. The second-order valence-corrected chi connectivity index (χ2v) is 5.08. The summed E-state index contributed by atoms with van der Waals surface area (Å²) in [4.78, 5) is 6.81. The average molecular weight is 216 g/mol. The first-order valence-electron chi connectivity index (χ1n) is 5.91. The Labute approximate surface area is 95.5 Å². The van der Waals surface area contributed by atoms with Gasteiger partial charge in [0, 0.05) is 38.4 Å². The Morgan fingerprint density at radius 1 is 1.44 bits per heavy atom. The first kappa shape index (κ1) is 9.86. The third-order valence-corrected chi connectivity index (χ3v) is 3.79. The van der Waals surface area contributed by atoms with Crippen molar-refractivity contribution in [3.63, 3.8) is 0 Å². The van der Waals surface area contributed by atoms with E-state index < -0.39 is 0 Å². The fourth-order valence-electron chi connectivity index (χ4n) is 2.57. The van der Waals surface area contributed by atoms with Gasteiger partial charge < -0.3 is 4.57 Å². The van der Waals surface area contributed by atoms with Crippen LogP contribution in [0.25, 0.3) is 0 Å². The second-order valence-electron chi connectivity index (χ2n) is 5.08. The van der Waals surface area contributed by atoms with Crippen molar-refractivity contribution in [3.05, 3.63) is 18.2 Å². The van der Waals surface area contributed by atoms with E-state index in [0.717, 1.165) is 32.6 Å². The molecule has 0 radical (unpaired) electrons. The number of nitriles is 1. The van der Waals surface area contributed by atoms with Crippen LogP contribution in [0.5, 0.6) is 0 Å². The van der Waals surface area contributed by atoms with Crippen LogP contribution in [0.1, 0.15) is 25.1 Å². The van der Waals surface area contributed by atoms with E-state index in [4.69, 9.17) is 5.26 Å². The summed E-state index contributed by atoms with van der Waals surface area (Å²) in [6, 6.07) is 2.33. The van der Waals surface area contributed by atoms with E-state index in [0.29, 0.717) is 5.41 Å². The fourth-order valence-corrected chi connectivity index (χ4v) is 2.57. The van der Waals surface area contributed by atoms with Crippen LogP contribution in [0, 0.1) is 16.7 Å². The number of hydrogen-bond donors (Lipinski definition) is 0. The third kappa shape index (κ3) is 1.72. The van der Waals surface area contributed by atoms with E-state index in [1.54, 1.807) is 0 Å². The van der Waals surface area contributed by atoms with Gasteiger partial charge >= 0.3 is 0 Å². The van der Waals surface area contributed by atoms with Crippen LogP contribution in [0.3, 0.4) is 0 Å². The van der Waals surface area contributed by atoms with E-state index in [1.165, 1.54) is 18.7 Å². The fraction of sp³-hybridized carbons (Fsp3) is 0.667. The predicted molar refractivity (Wildman–Crippen MR) is 59.4 cm³/mol. The summed E-state index contributed by atoms with van der Waals surface area (Å²) in [5, 5.41) is 8.81. The molecule has 16 heavy (non-hydrogen) atoms. The smallest absolute Gasteiger partial charge is 0.122 e. The maximum Gasteiger partial charge on any atom is 0.122 e. The summed E-state index contributed by atoms with van der Waals surface area (Å²) < 4.78 is 2.22. The second kappa shape index (κ2) is 3.60. The Balaban J connectivity index is 1.65. The zero-order chi connectivity index (χ0) is 11.0. The van der Waals surface area contributed by atoms with Gasteiger partial charge in [-0.3, -0.25) is 4.90 Å². The lowest BCUT2D eigenvalue weighted by Gasteiger charge is -2.30. The summed E-state index contributed by atoms with van der Waals surface area (Å²) in [5.74, 6) is 1.17. The van der Waals surface area contributed by atoms with Gasteiger partial charge in [-0.2, -0.15) is 5.26 Å². The molecule has 0 saturated heterocycles. The van der Waals surface area contributed by atoms with Gasteiger partial charge in [0.1, 0.15) is 5.82 Å². The predicted octanol–water partition coefficient (Wildman–Crippen LogP) is 1.39. The zero-order valence-corrected chi connectivity index (χ0v) is 9.39. The van der Waals surface area contributed by atoms with Crippen molar-refractivity contribution >= 4 is 0 Å². The van der Waals surface area contributed by atoms with Gasteiger partial charge in [-0.15, -0.1) is 0 Å². The molecule has 0 atom stereocenters. The van der Waals surface area contributed by atoms with Crippen molar-refractivity contribution in [2.45, 2.75) is 32.4 Å². The molecule has 0 amide bonds. The monoisotopic (exact) mass is 216 g/mol. The van der Waals surface area contributed by atoms with Crippen LogP contribution < -0.4 is 0 Å². The SMILES string of the molecule is N#CCC1(CN2CCn3ccnc3C2)CC1. The Bertz CT molecular complexity index is 424. The highest BCUT2D eigenvalue weighted by atomic mass is 15.2. The molecule has 4 nitrogen and oxygen atoms in total. The average Bonchev–Trinajstić information content (AvgIpc) is 2.87. The van der Waals surface area contributed by atoms with Gasteiger partial charge in [-0.1, -0.05) is 0 Å². The molecule has 0 bridgehead atoms. The minimum absolute atomic E-state index is 0.323. The molecule has 3 rings (SSSR count). The van der Waals surface area contributed by atoms with Gasteiger partial charge in [0.25, 0.3) is 0 Å². The van der Waals surface area contributed by atoms with E-state index in [1.807, 2.05) is 6.20 Å². The summed E-state index contributed by atoms with van der Waals surface area (Å²) in [5.41, 5.74) is 0.323. The number of aromatic nitrogens is 2. The molecule has 0 aromatic carbocycles. The van der Waals surface area contributed by atoms with E-state index >= 15 is 0 Å². The minimum Gasteiger partial charge on any atom is -0.333 e. The summed E-state index contributed by atoms with van der Waals surface area (Å²) in [7, 11) is 0. The molecule has 1 fully saturated rings. The number of rotatable bonds is 3. The van der Waals surface area contributed by atoms with Crippen LogP contribution in [-0.2, 0) is 13.1 Å². The highest BCUT2D eigenvalue weighted by molar-refractivity contribution is 5.03. The van der Waals surface area contributed by atoms with Crippen LogP contribution in [0.15, 0.2) is 12.4 Å². The molecular weight excluding hydrogens is 200 g/mol. The molecular formula is C12H16N4. The number of hydrogen-bond acceptors (Lipinski definition) is 3. The Kier molecular flexibility index (Phi) is 2.22. The van der Waals surface area contributed by atoms with E-state index in [2.05, 4.69) is 26.7 Å². The maximum absolute atomic E-state index is 8.81. The van der Waals surface area contributed by atoms with Crippen molar-refractivity contribution in [3.8, 4) is 6.07 Å². The van der Waals surface area contributed by atoms with Gasteiger partial charge in [0.05, 0.1) is 12.6 Å². The molecule has 0 unspecified atom stereocenters. The van der Waals surface area contributed by atoms with Crippen LogP contribution >= 0.6 is 0 Å². The molecule has 4 heteroatoms. The molecule has 1 aromatic heterocycles. The molecule has 1 aliphatic heterocycles. The Morgan fingerprint density at radius 2 is 2.31 bits per heavy atom. The van der Waals surface area contributed by atoms with Crippen LogP contribution in [0.4, 0.5) is 0 Å². The third-order valence-electron chi connectivity index (χ3n) is 3.79. The number of imidazole rings is 1. The first-order valence-corrected chi connectivity index (χ1v) is 5.91. The van der Waals surface area contributed by atoms with E-state index in [-0.39, 0.29) is 0 Å². The van der Waals surface area contributed by atoms with Crippen molar-refractivity contribution in [2.24, 2.45) is 5.41 Å². The van der Waals surface area contributed by atoms with Gasteiger partial charge in [-0.05, 0) is 18.3 Å². The highest BCUT2D eigenvalue weighted by Gasteiger charge is 2.43. The van der Waals surface area contributed by atoms with Crippen LogP contribution in [0.2, 0.25) is 0 Å². The van der Waals surface area contributed by atoms with Gasteiger partial charge in [0.15, 0.2) is 0 Å². The first-order chi connectivity index (χ1) is 7.81. The molecule has 2 heterocycles. The highest BCUT2D eigenvalue weighted by Crippen LogP contribution is 2.49. The lowest BCUT2D eigenvalue weighted by atomic mass is 10.0. The quantitative estimate of drug-likeness (QED) is 0.767. The normalized spacial score (nSPS) is 22.4. The lowest BCUT2D eigenvalue weighted by molar-refractivity contribution is 0.177. The topological polar surface area (TPSA) is 44.9 Å². The van der Waals surface area contributed by atoms with Crippen molar-refractivity contribution in [1.29, 1.82) is 5.26 Å².